The summed E-state index contributed by atoms with van der Waals surface area (Å²) >= 11 is 0. The number of hydrogen-bond acceptors (Lipinski definition) is 7. The molecule has 0 aliphatic carbocycles. The molecule has 1 aromatic carbocycles. The van der Waals surface area contributed by atoms with Crippen molar-refractivity contribution in [1.82, 2.24) is 23.0 Å². The Labute approximate surface area is 196 Å². The summed E-state index contributed by atoms with van der Waals surface area (Å²) in [6, 6.07) is 4.39. The number of aryl methyl sites for hydroxylation is 1. The Kier molecular flexibility index (Phi) is 7.26. The first kappa shape index (κ1) is 25.2. The molecule has 34 heavy (non-hydrogen) atoms. The van der Waals surface area contributed by atoms with Crippen LogP contribution in [0.3, 0.4) is 0 Å². The summed E-state index contributed by atoms with van der Waals surface area (Å²) in [6.07, 6.45) is 1.31. The third-order valence-corrected chi connectivity index (χ3v) is 7.45. The fraction of sp³-hybridized carbons (Fsp3) is 0.429. The molecular weight excluding hydrogens is 464 g/mol. The Morgan fingerprint density at radius 3 is 2.41 bits per heavy atom. The number of benzene rings is 1. The van der Waals surface area contributed by atoms with Crippen LogP contribution in [0.5, 0.6) is 5.75 Å². The molecule has 0 unspecified atom stereocenters. The van der Waals surface area contributed by atoms with E-state index in [1.54, 1.807) is 26.8 Å². The van der Waals surface area contributed by atoms with E-state index in [1.807, 2.05) is 0 Å². The van der Waals surface area contributed by atoms with Crippen LogP contribution in [0.15, 0.2) is 39.0 Å². The standard InChI is InChI=1S/C21H28N6O6S/c1-6-27(7-2)34(31,32)16-11-14(9-10-15(16)33-8-3)23-17(28)12-26-13-22-19-18(26)20(29)25(5)21(30)24(19)4/h9-11,13H,6-8,12H2,1-5H3,(H,23,28). The number of aromatic nitrogens is 4. The first-order valence-corrected chi connectivity index (χ1v) is 12.2. The molecule has 3 rings (SSSR count). The van der Waals surface area contributed by atoms with Gasteiger partial charge in [0.25, 0.3) is 5.56 Å². The second-order valence-electron chi connectivity index (χ2n) is 7.48. The summed E-state index contributed by atoms with van der Waals surface area (Å²) in [7, 11) is -1.01. The SMILES string of the molecule is CCOc1ccc(NC(=O)Cn2cnc3c2c(=O)n(C)c(=O)n3C)cc1S(=O)(=O)N(CC)CC. The minimum atomic E-state index is -3.84. The van der Waals surface area contributed by atoms with Crippen LogP contribution in [0, 0.1) is 0 Å². The fourth-order valence-corrected chi connectivity index (χ4v) is 5.25. The average Bonchev–Trinajstić information content (AvgIpc) is 3.21. The van der Waals surface area contributed by atoms with E-state index in [0.29, 0.717) is 0 Å². The zero-order valence-corrected chi connectivity index (χ0v) is 20.5. The molecule has 184 valence electrons. The number of anilines is 1. The topological polar surface area (TPSA) is 138 Å². The summed E-state index contributed by atoms with van der Waals surface area (Å²) in [5.41, 5.74) is -0.574. The normalized spacial score (nSPS) is 11.8. The van der Waals surface area contributed by atoms with Crippen molar-refractivity contribution in [3.63, 3.8) is 0 Å². The van der Waals surface area contributed by atoms with E-state index in [0.717, 1.165) is 4.57 Å². The highest BCUT2D eigenvalue weighted by molar-refractivity contribution is 7.89. The van der Waals surface area contributed by atoms with Gasteiger partial charge in [0.15, 0.2) is 11.2 Å². The number of rotatable bonds is 9. The molecule has 0 radical (unpaired) electrons. The van der Waals surface area contributed by atoms with E-state index >= 15 is 0 Å². The molecule has 0 aliphatic heterocycles. The van der Waals surface area contributed by atoms with Crippen LogP contribution in [-0.2, 0) is 35.5 Å². The lowest BCUT2D eigenvalue weighted by molar-refractivity contribution is -0.116. The summed E-state index contributed by atoms with van der Waals surface area (Å²) < 4.78 is 36.5. The smallest absolute Gasteiger partial charge is 0.332 e. The van der Waals surface area contributed by atoms with Crippen LogP contribution in [0.4, 0.5) is 5.69 Å². The molecule has 2 aromatic heterocycles. The molecule has 0 aliphatic rings. The van der Waals surface area contributed by atoms with Gasteiger partial charge in [-0.15, -0.1) is 0 Å². The molecule has 12 nitrogen and oxygen atoms in total. The molecule has 0 spiro atoms. The fourth-order valence-electron chi connectivity index (χ4n) is 3.64. The van der Waals surface area contributed by atoms with E-state index in [2.05, 4.69) is 10.3 Å². The molecule has 0 bridgehead atoms. The lowest BCUT2D eigenvalue weighted by Crippen LogP contribution is -2.37. The highest BCUT2D eigenvalue weighted by atomic mass is 32.2. The van der Waals surface area contributed by atoms with E-state index in [-0.39, 0.29) is 53.7 Å². The molecule has 1 amide bonds. The van der Waals surface area contributed by atoms with Crippen LogP contribution in [0.2, 0.25) is 0 Å². The van der Waals surface area contributed by atoms with Gasteiger partial charge in [-0.3, -0.25) is 18.7 Å². The van der Waals surface area contributed by atoms with Gasteiger partial charge >= 0.3 is 5.69 Å². The van der Waals surface area contributed by atoms with Gasteiger partial charge in [-0.05, 0) is 25.1 Å². The van der Waals surface area contributed by atoms with Gasteiger partial charge in [-0.25, -0.2) is 18.2 Å². The minimum Gasteiger partial charge on any atom is -0.492 e. The van der Waals surface area contributed by atoms with Crippen molar-refractivity contribution in [3.8, 4) is 5.75 Å². The van der Waals surface area contributed by atoms with Crippen molar-refractivity contribution < 1.29 is 17.9 Å². The number of ether oxygens (including phenoxy) is 1. The summed E-state index contributed by atoms with van der Waals surface area (Å²) in [5.74, 6) is -0.317. The maximum atomic E-state index is 13.1. The van der Waals surface area contributed by atoms with Gasteiger partial charge in [-0.2, -0.15) is 4.31 Å². The zero-order chi connectivity index (χ0) is 25.2. The van der Waals surface area contributed by atoms with Crippen LogP contribution >= 0.6 is 0 Å². The van der Waals surface area contributed by atoms with Gasteiger partial charge in [0, 0.05) is 32.9 Å². The van der Waals surface area contributed by atoms with Gasteiger partial charge in [0.05, 0.1) is 12.9 Å². The highest BCUT2D eigenvalue weighted by Gasteiger charge is 2.26. The molecule has 2 heterocycles. The predicted molar refractivity (Wildman–Crippen MR) is 127 cm³/mol. The lowest BCUT2D eigenvalue weighted by Gasteiger charge is -2.21. The second kappa shape index (κ2) is 9.81. The number of carbonyl (C=O) groups excluding carboxylic acids is 1. The molecule has 0 saturated heterocycles. The van der Waals surface area contributed by atoms with Gasteiger partial charge in [0.1, 0.15) is 17.2 Å². The van der Waals surface area contributed by atoms with Crippen molar-refractivity contribution in [3.05, 3.63) is 45.4 Å². The van der Waals surface area contributed by atoms with Crippen LogP contribution in [0.1, 0.15) is 20.8 Å². The molecule has 13 heteroatoms. The van der Waals surface area contributed by atoms with Crippen molar-refractivity contribution in [2.75, 3.05) is 25.0 Å². The molecule has 3 aromatic rings. The maximum Gasteiger partial charge on any atom is 0.332 e. The molecule has 0 saturated carbocycles. The van der Waals surface area contributed by atoms with Gasteiger partial charge in [-0.1, -0.05) is 13.8 Å². The first-order valence-electron chi connectivity index (χ1n) is 10.7. The Morgan fingerprint density at radius 2 is 1.79 bits per heavy atom. The monoisotopic (exact) mass is 492 g/mol. The molecular formula is C21H28N6O6S. The largest absolute Gasteiger partial charge is 0.492 e. The quantitative estimate of drug-likeness (QED) is 0.459. The number of nitrogens with zero attached hydrogens (tertiary/aromatic N) is 5. The van der Waals surface area contributed by atoms with E-state index in [1.165, 1.54) is 46.0 Å². The number of carbonyl (C=O) groups is 1. The van der Waals surface area contributed by atoms with Gasteiger partial charge in [0.2, 0.25) is 15.9 Å². The third-order valence-electron chi connectivity index (χ3n) is 5.38. The number of hydrogen-bond donors (Lipinski definition) is 1. The maximum absolute atomic E-state index is 13.1. The Balaban J connectivity index is 1.94. The predicted octanol–water partition coefficient (Wildman–Crippen LogP) is 0.502. The minimum absolute atomic E-state index is 0.0483. The Hall–Kier alpha value is -3.45. The molecule has 0 atom stereocenters. The van der Waals surface area contributed by atoms with E-state index in [9.17, 15) is 22.8 Å². The summed E-state index contributed by atoms with van der Waals surface area (Å²) in [6.45, 7) is 5.80. The second-order valence-corrected chi connectivity index (χ2v) is 9.39. The van der Waals surface area contributed by atoms with Crippen LogP contribution in [0.25, 0.3) is 11.2 Å². The number of sulfonamides is 1. The van der Waals surface area contributed by atoms with E-state index < -0.39 is 27.2 Å². The first-order chi connectivity index (χ1) is 16.1. The van der Waals surface area contributed by atoms with Crippen molar-refractivity contribution >= 4 is 32.8 Å². The Bertz CT molecular complexity index is 1450. The van der Waals surface area contributed by atoms with Crippen LogP contribution in [-0.4, -0.2) is 57.0 Å². The van der Waals surface area contributed by atoms with E-state index in [4.69, 9.17) is 4.74 Å². The molecule has 0 fully saturated rings. The summed E-state index contributed by atoms with van der Waals surface area (Å²) in [5, 5.41) is 2.66. The van der Waals surface area contributed by atoms with Gasteiger partial charge < -0.3 is 14.6 Å². The number of amides is 1. The molecule has 1 N–H and O–H groups in total. The Morgan fingerprint density at radius 1 is 1.12 bits per heavy atom. The third kappa shape index (κ3) is 4.48. The highest BCUT2D eigenvalue weighted by Crippen LogP contribution is 2.30. The average molecular weight is 493 g/mol. The number of imidazole rings is 1. The number of fused-ring (bicyclic) bond motifs is 1. The summed E-state index contributed by atoms with van der Waals surface area (Å²) in [4.78, 5) is 41.5. The van der Waals surface area contributed by atoms with Crippen molar-refractivity contribution in [2.45, 2.75) is 32.2 Å². The lowest BCUT2D eigenvalue weighted by atomic mass is 10.3. The van der Waals surface area contributed by atoms with Crippen molar-refractivity contribution in [2.24, 2.45) is 14.1 Å². The van der Waals surface area contributed by atoms with Crippen LogP contribution < -0.4 is 21.3 Å². The number of nitrogens with one attached hydrogen (secondary N) is 1. The van der Waals surface area contributed by atoms with Crippen molar-refractivity contribution in [1.29, 1.82) is 0 Å². The zero-order valence-electron chi connectivity index (χ0n) is 19.7.